The average molecular weight is 186 g/mol. The maximum absolute atomic E-state index is 5.64. The van der Waals surface area contributed by atoms with Gasteiger partial charge in [-0.25, -0.2) is 4.99 Å². The summed E-state index contributed by atoms with van der Waals surface area (Å²) in [5.41, 5.74) is 9.02. The van der Waals surface area contributed by atoms with Gasteiger partial charge in [0.2, 0.25) is 0 Å². The molecule has 1 aromatic carbocycles. The molecule has 1 aromatic heterocycles. The number of rotatable bonds is 0. The van der Waals surface area contributed by atoms with Crippen LogP contribution in [0.1, 0.15) is 5.56 Å². The van der Waals surface area contributed by atoms with E-state index < -0.39 is 0 Å². The molecule has 0 saturated heterocycles. The third-order valence-corrected chi connectivity index (χ3v) is 2.49. The monoisotopic (exact) mass is 186 g/mol. The molecule has 0 radical (unpaired) electrons. The van der Waals surface area contributed by atoms with Crippen molar-refractivity contribution in [2.75, 3.05) is 5.32 Å². The van der Waals surface area contributed by atoms with Gasteiger partial charge in [-0.1, -0.05) is 6.07 Å². The molecular weight excluding hydrogens is 176 g/mol. The van der Waals surface area contributed by atoms with E-state index in [0.29, 0.717) is 12.5 Å². The molecule has 0 bridgehead atoms. The van der Waals surface area contributed by atoms with E-state index in [2.05, 4.69) is 27.4 Å². The number of aliphatic imine (C=N–C) groups is 1. The average Bonchev–Trinajstić information content (AvgIpc) is 2.65. The van der Waals surface area contributed by atoms with Crippen LogP contribution in [0.2, 0.25) is 0 Å². The standard InChI is InChI=1S/C10H10N4/c11-10-13-5-6-1-2-8-7(3-4-12-8)9(6)14-10/h1-4,12H,5H2,(H3,11,13,14). The number of anilines is 1. The molecule has 2 heterocycles. The number of hydrogen-bond donors (Lipinski definition) is 3. The summed E-state index contributed by atoms with van der Waals surface area (Å²) in [6.45, 7) is 0.662. The van der Waals surface area contributed by atoms with Gasteiger partial charge in [0, 0.05) is 17.1 Å². The van der Waals surface area contributed by atoms with Crippen LogP contribution >= 0.6 is 0 Å². The second-order valence-corrected chi connectivity index (χ2v) is 3.37. The Balaban J connectivity index is 2.30. The Morgan fingerprint density at radius 1 is 1.29 bits per heavy atom. The highest BCUT2D eigenvalue weighted by atomic mass is 15.1. The molecule has 0 amide bonds. The molecule has 70 valence electrons. The molecule has 0 unspecified atom stereocenters. The maximum Gasteiger partial charge on any atom is 0.193 e. The fourth-order valence-electron chi connectivity index (χ4n) is 1.80. The number of benzene rings is 1. The van der Waals surface area contributed by atoms with E-state index in [1.165, 1.54) is 10.9 Å². The predicted octanol–water partition coefficient (Wildman–Crippen LogP) is 1.41. The van der Waals surface area contributed by atoms with Crippen molar-refractivity contribution in [1.29, 1.82) is 0 Å². The van der Waals surface area contributed by atoms with Crippen LogP contribution in [0.3, 0.4) is 0 Å². The zero-order valence-corrected chi connectivity index (χ0v) is 7.54. The second kappa shape index (κ2) is 2.51. The van der Waals surface area contributed by atoms with Crippen LogP contribution in [-0.2, 0) is 6.54 Å². The molecule has 0 spiro atoms. The third-order valence-electron chi connectivity index (χ3n) is 2.49. The molecule has 2 aromatic rings. The normalized spacial score (nSPS) is 14.7. The van der Waals surface area contributed by atoms with Crippen molar-refractivity contribution in [2.24, 2.45) is 10.7 Å². The van der Waals surface area contributed by atoms with Crippen molar-refractivity contribution >= 4 is 22.5 Å². The summed E-state index contributed by atoms with van der Waals surface area (Å²) in [5, 5.41) is 4.26. The first-order chi connectivity index (χ1) is 6.84. The van der Waals surface area contributed by atoms with Crippen molar-refractivity contribution in [3.8, 4) is 0 Å². The minimum absolute atomic E-state index is 0.492. The molecular formula is C10H10N4. The van der Waals surface area contributed by atoms with E-state index >= 15 is 0 Å². The number of hydrogen-bond acceptors (Lipinski definition) is 3. The van der Waals surface area contributed by atoms with Gasteiger partial charge in [0.15, 0.2) is 5.96 Å². The Morgan fingerprint density at radius 2 is 2.21 bits per heavy atom. The quantitative estimate of drug-likeness (QED) is 0.582. The number of nitrogens with two attached hydrogens (primary N) is 1. The fraction of sp³-hybridized carbons (Fsp3) is 0.100. The summed E-state index contributed by atoms with van der Waals surface area (Å²) in [4.78, 5) is 7.30. The summed E-state index contributed by atoms with van der Waals surface area (Å²) >= 11 is 0. The van der Waals surface area contributed by atoms with Gasteiger partial charge >= 0.3 is 0 Å². The number of nitrogens with zero attached hydrogens (tertiary/aromatic N) is 1. The molecule has 0 saturated carbocycles. The van der Waals surface area contributed by atoms with Gasteiger partial charge < -0.3 is 16.0 Å². The molecule has 1 aliphatic heterocycles. The van der Waals surface area contributed by atoms with Gasteiger partial charge in [0.25, 0.3) is 0 Å². The number of fused-ring (bicyclic) bond motifs is 3. The predicted molar refractivity (Wildman–Crippen MR) is 57.2 cm³/mol. The van der Waals surface area contributed by atoms with Crippen LogP contribution in [0.5, 0.6) is 0 Å². The molecule has 0 fully saturated rings. The Morgan fingerprint density at radius 3 is 3.14 bits per heavy atom. The Kier molecular flexibility index (Phi) is 1.33. The van der Waals surface area contributed by atoms with Crippen LogP contribution in [0.4, 0.5) is 5.69 Å². The highest BCUT2D eigenvalue weighted by Crippen LogP contribution is 2.29. The molecule has 0 atom stereocenters. The lowest BCUT2D eigenvalue weighted by Crippen LogP contribution is -2.26. The number of nitrogens with one attached hydrogen (secondary N) is 2. The highest BCUT2D eigenvalue weighted by Gasteiger charge is 2.12. The summed E-state index contributed by atoms with van der Waals surface area (Å²) in [7, 11) is 0. The minimum Gasteiger partial charge on any atom is -0.370 e. The van der Waals surface area contributed by atoms with Gasteiger partial charge in [-0.2, -0.15) is 0 Å². The smallest absolute Gasteiger partial charge is 0.193 e. The van der Waals surface area contributed by atoms with Crippen LogP contribution in [-0.4, -0.2) is 10.9 Å². The van der Waals surface area contributed by atoms with E-state index in [0.717, 1.165) is 11.2 Å². The zero-order valence-electron chi connectivity index (χ0n) is 7.54. The van der Waals surface area contributed by atoms with Crippen molar-refractivity contribution in [2.45, 2.75) is 6.54 Å². The first-order valence-corrected chi connectivity index (χ1v) is 4.50. The van der Waals surface area contributed by atoms with E-state index in [1.807, 2.05) is 12.3 Å². The topological polar surface area (TPSA) is 66.2 Å². The van der Waals surface area contributed by atoms with Crippen LogP contribution in [0.25, 0.3) is 10.9 Å². The van der Waals surface area contributed by atoms with Gasteiger partial charge in [-0.3, -0.25) is 0 Å². The van der Waals surface area contributed by atoms with E-state index in [9.17, 15) is 0 Å². The lowest BCUT2D eigenvalue weighted by atomic mass is 10.1. The number of H-pyrrole nitrogens is 1. The molecule has 1 aliphatic rings. The Bertz CT molecular complexity index is 524. The van der Waals surface area contributed by atoms with Gasteiger partial charge in [0.05, 0.1) is 12.2 Å². The summed E-state index contributed by atoms with van der Waals surface area (Å²) in [6.07, 6.45) is 1.93. The number of aromatic nitrogens is 1. The third kappa shape index (κ3) is 0.907. The van der Waals surface area contributed by atoms with Crippen molar-refractivity contribution < 1.29 is 0 Å². The van der Waals surface area contributed by atoms with Crippen LogP contribution in [0.15, 0.2) is 29.4 Å². The lowest BCUT2D eigenvalue weighted by molar-refractivity contribution is 1.04. The lowest BCUT2D eigenvalue weighted by Gasteiger charge is -2.16. The zero-order chi connectivity index (χ0) is 9.54. The molecule has 4 N–H and O–H groups in total. The number of guanidine groups is 1. The minimum atomic E-state index is 0.492. The van der Waals surface area contributed by atoms with Crippen molar-refractivity contribution in [3.05, 3.63) is 30.0 Å². The van der Waals surface area contributed by atoms with Gasteiger partial charge in [-0.15, -0.1) is 0 Å². The van der Waals surface area contributed by atoms with E-state index in [4.69, 9.17) is 5.73 Å². The van der Waals surface area contributed by atoms with Crippen molar-refractivity contribution in [3.63, 3.8) is 0 Å². The molecule has 0 aliphatic carbocycles. The molecule has 4 nitrogen and oxygen atoms in total. The molecule has 4 heteroatoms. The fourth-order valence-corrected chi connectivity index (χ4v) is 1.80. The second-order valence-electron chi connectivity index (χ2n) is 3.37. The SMILES string of the molecule is NC1=NCc2ccc3[nH]ccc3c2N1. The number of aromatic amines is 1. The van der Waals surface area contributed by atoms with Crippen molar-refractivity contribution in [1.82, 2.24) is 4.98 Å². The van der Waals surface area contributed by atoms with Crippen LogP contribution in [0, 0.1) is 0 Å². The van der Waals surface area contributed by atoms with E-state index in [-0.39, 0.29) is 0 Å². The maximum atomic E-state index is 5.64. The molecule has 14 heavy (non-hydrogen) atoms. The largest absolute Gasteiger partial charge is 0.370 e. The Hall–Kier alpha value is -1.97. The highest BCUT2D eigenvalue weighted by molar-refractivity contribution is 6.04. The van der Waals surface area contributed by atoms with Crippen LogP contribution < -0.4 is 11.1 Å². The van der Waals surface area contributed by atoms with Gasteiger partial charge in [0.1, 0.15) is 0 Å². The Labute approximate surface area is 80.8 Å². The first-order valence-electron chi connectivity index (χ1n) is 4.50. The first kappa shape index (κ1) is 7.44. The van der Waals surface area contributed by atoms with Gasteiger partial charge in [-0.05, 0) is 17.7 Å². The summed E-state index contributed by atoms with van der Waals surface area (Å²) < 4.78 is 0. The molecule has 3 rings (SSSR count). The van der Waals surface area contributed by atoms with E-state index in [1.54, 1.807) is 0 Å². The summed E-state index contributed by atoms with van der Waals surface area (Å²) in [6, 6.07) is 6.17. The summed E-state index contributed by atoms with van der Waals surface area (Å²) in [5.74, 6) is 0.492.